The third-order valence-electron chi connectivity index (χ3n) is 4.96. The lowest BCUT2D eigenvalue weighted by Gasteiger charge is -2.35. The van der Waals surface area contributed by atoms with Gasteiger partial charge in [-0.15, -0.1) is 0 Å². The van der Waals surface area contributed by atoms with Gasteiger partial charge in [0.2, 0.25) is 5.91 Å². The number of nitrogens with zero attached hydrogens (tertiary/aromatic N) is 2. The summed E-state index contributed by atoms with van der Waals surface area (Å²) in [6, 6.07) is 7.65. The molecule has 1 amide bonds. The van der Waals surface area contributed by atoms with Crippen LogP contribution in [0.4, 0.5) is 5.13 Å². The first-order valence-corrected chi connectivity index (χ1v) is 11.6. The summed E-state index contributed by atoms with van der Waals surface area (Å²) in [5.74, 6) is -1.01. The predicted molar refractivity (Wildman–Crippen MR) is 108 cm³/mol. The summed E-state index contributed by atoms with van der Waals surface area (Å²) in [4.78, 5) is 31.2. The second kappa shape index (κ2) is 8.14. The molecule has 0 spiro atoms. The number of carbonyl (C=O) groups is 2. The van der Waals surface area contributed by atoms with E-state index in [-0.39, 0.29) is 36.8 Å². The molecule has 0 saturated carbocycles. The van der Waals surface area contributed by atoms with E-state index < -0.39 is 21.3 Å². The Balaban J connectivity index is 1.75. The van der Waals surface area contributed by atoms with Gasteiger partial charge in [0.25, 0.3) is 0 Å². The van der Waals surface area contributed by atoms with Crippen molar-refractivity contribution in [2.24, 2.45) is 0 Å². The van der Waals surface area contributed by atoms with Crippen molar-refractivity contribution in [2.75, 3.05) is 36.6 Å². The average Bonchev–Trinajstić information content (AvgIpc) is 3.11. The highest BCUT2D eigenvalue weighted by molar-refractivity contribution is 7.91. The van der Waals surface area contributed by atoms with Gasteiger partial charge in [-0.2, -0.15) is 0 Å². The molecule has 152 valence electrons. The molecule has 0 bridgehead atoms. The van der Waals surface area contributed by atoms with Crippen LogP contribution < -0.4 is 10.2 Å². The number of fused-ring (bicyclic) bond motifs is 1. The Kier molecular flexibility index (Phi) is 6.01. The first kappa shape index (κ1) is 20.7. The Morgan fingerprint density at radius 3 is 2.57 bits per heavy atom. The molecule has 1 aliphatic heterocycles. The van der Waals surface area contributed by atoms with Gasteiger partial charge >= 0.3 is 5.97 Å². The molecule has 8 nitrogen and oxygen atoms in total. The summed E-state index contributed by atoms with van der Waals surface area (Å²) >= 11 is 1.42. The highest BCUT2D eigenvalue weighted by atomic mass is 32.2. The van der Waals surface area contributed by atoms with Crippen LogP contribution in [0.3, 0.4) is 0 Å². The van der Waals surface area contributed by atoms with Crippen LogP contribution in [0.1, 0.15) is 19.8 Å². The van der Waals surface area contributed by atoms with Crippen LogP contribution in [0, 0.1) is 0 Å². The molecule has 2 heterocycles. The summed E-state index contributed by atoms with van der Waals surface area (Å²) in [5.41, 5.74) is -0.340. The fraction of sp³-hybridized carbons (Fsp3) is 0.500. The van der Waals surface area contributed by atoms with Crippen LogP contribution >= 0.6 is 11.3 Å². The second-order valence-electron chi connectivity index (χ2n) is 6.68. The summed E-state index contributed by atoms with van der Waals surface area (Å²) in [5, 5.41) is 3.58. The number of thiazole rings is 1. The Morgan fingerprint density at radius 1 is 1.29 bits per heavy atom. The fourth-order valence-corrected chi connectivity index (χ4v) is 5.84. The van der Waals surface area contributed by atoms with E-state index in [1.165, 1.54) is 18.4 Å². The Hall–Kier alpha value is -2.04. The number of methoxy groups -OCH3 is 1. The number of rotatable bonds is 6. The highest BCUT2D eigenvalue weighted by Gasteiger charge is 2.44. The van der Waals surface area contributed by atoms with Crippen LogP contribution in [0.25, 0.3) is 10.2 Å². The second-order valence-corrected chi connectivity index (χ2v) is 9.99. The normalized spacial score (nSPS) is 17.9. The molecule has 3 rings (SSSR count). The monoisotopic (exact) mass is 425 g/mol. The minimum Gasteiger partial charge on any atom is -0.468 e. The Bertz CT molecular complexity index is 939. The largest absolute Gasteiger partial charge is 0.468 e. The van der Waals surface area contributed by atoms with Crippen molar-refractivity contribution in [1.29, 1.82) is 0 Å². The van der Waals surface area contributed by atoms with E-state index in [1.807, 2.05) is 31.2 Å². The molecule has 1 aliphatic rings. The number of para-hydroxylation sites is 1. The maximum atomic E-state index is 12.8. The van der Waals surface area contributed by atoms with Crippen LogP contribution in [0.15, 0.2) is 24.3 Å². The third kappa shape index (κ3) is 4.18. The Labute approximate surface area is 167 Å². The fourth-order valence-electron chi connectivity index (χ4n) is 3.27. The summed E-state index contributed by atoms with van der Waals surface area (Å²) in [6.45, 7) is 2.17. The molecule has 1 saturated heterocycles. The standard InChI is InChI=1S/C18H23N3O5S2/c1-3-21(17-20-13-6-4-5-7-14(13)27-17)15(22)12-19-18(16(23)26-2)8-10-28(24,25)11-9-18/h4-7,19H,3,8-12H2,1-2H3. The molecule has 0 radical (unpaired) electrons. The zero-order valence-corrected chi connectivity index (χ0v) is 17.4. The maximum Gasteiger partial charge on any atom is 0.326 e. The van der Waals surface area contributed by atoms with Crippen LogP contribution in [-0.4, -0.2) is 62.5 Å². The van der Waals surface area contributed by atoms with Crippen LogP contribution in [0.5, 0.6) is 0 Å². The number of hydrogen-bond acceptors (Lipinski definition) is 8. The van der Waals surface area contributed by atoms with Crippen molar-refractivity contribution >= 4 is 48.4 Å². The van der Waals surface area contributed by atoms with E-state index >= 15 is 0 Å². The molecular formula is C18H23N3O5S2. The number of benzene rings is 1. The van der Waals surface area contributed by atoms with E-state index in [1.54, 1.807) is 4.90 Å². The molecule has 1 fully saturated rings. The zero-order chi connectivity index (χ0) is 20.4. The average molecular weight is 426 g/mol. The summed E-state index contributed by atoms with van der Waals surface area (Å²) in [7, 11) is -1.90. The zero-order valence-electron chi connectivity index (χ0n) is 15.8. The first-order chi connectivity index (χ1) is 13.3. The Morgan fingerprint density at radius 2 is 1.96 bits per heavy atom. The number of esters is 1. The van der Waals surface area contributed by atoms with Crippen molar-refractivity contribution in [1.82, 2.24) is 10.3 Å². The highest BCUT2D eigenvalue weighted by Crippen LogP contribution is 2.29. The number of nitrogens with one attached hydrogen (secondary N) is 1. The number of ether oxygens (including phenoxy) is 1. The van der Waals surface area contributed by atoms with Crippen molar-refractivity contribution < 1.29 is 22.7 Å². The van der Waals surface area contributed by atoms with Crippen molar-refractivity contribution in [2.45, 2.75) is 25.3 Å². The van der Waals surface area contributed by atoms with Gasteiger partial charge in [-0.3, -0.25) is 19.8 Å². The maximum absolute atomic E-state index is 12.8. The number of anilines is 1. The number of amides is 1. The van der Waals surface area contributed by atoms with Gasteiger partial charge in [0.05, 0.1) is 35.4 Å². The van der Waals surface area contributed by atoms with E-state index in [0.29, 0.717) is 11.7 Å². The molecule has 1 N–H and O–H groups in total. The quantitative estimate of drug-likeness (QED) is 0.697. The SMILES string of the molecule is CCN(C(=O)CNC1(C(=O)OC)CCS(=O)(=O)CC1)c1nc2ccccc2s1. The van der Waals surface area contributed by atoms with Gasteiger partial charge < -0.3 is 4.74 Å². The molecule has 1 aromatic carbocycles. The predicted octanol–water partition coefficient (Wildman–Crippen LogP) is 1.36. The lowest BCUT2D eigenvalue weighted by atomic mass is 9.92. The lowest BCUT2D eigenvalue weighted by molar-refractivity contribution is -0.149. The molecule has 0 unspecified atom stereocenters. The van der Waals surface area contributed by atoms with Gasteiger partial charge in [-0.25, -0.2) is 13.4 Å². The van der Waals surface area contributed by atoms with Crippen LogP contribution in [-0.2, 0) is 24.2 Å². The molecular weight excluding hydrogens is 402 g/mol. The number of hydrogen-bond donors (Lipinski definition) is 1. The lowest BCUT2D eigenvalue weighted by Crippen LogP contribution is -2.59. The molecule has 0 aliphatic carbocycles. The minimum atomic E-state index is -3.16. The number of sulfone groups is 1. The molecule has 1 aromatic heterocycles. The molecule has 10 heteroatoms. The van der Waals surface area contributed by atoms with Gasteiger partial charge in [0.1, 0.15) is 15.4 Å². The smallest absolute Gasteiger partial charge is 0.326 e. The van der Waals surface area contributed by atoms with Crippen LogP contribution in [0.2, 0.25) is 0 Å². The van der Waals surface area contributed by atoms with E-state index in [2.05, 4.69) is 10.3 Å². The van der Waals surface area contributed by atoms with Gasteiger partial charge in [0, 0.05) is 6.54 Å². The molecule has 2 aromatic rings. The van der Waals surface area contributed by atoms with E-state index in [0.717, 1.165) is 10.2 Å². The van der Waals surface area contributed by atoms with Crippen molar-refractivity contribution in [3.8, 4) is 0 Å². The number of carbonyl (C=O) groups excluding carboxylic acids is 2. The number of likely N-dealkylation sites (N-methyl/N-ethyl adjacent to an activating group) is 1. The third-order valence-corrected chi connectivity index (χ3v) is 7.68. The van der Waals surface area contributed by atoms with Gasteiger partial charge in [-0.1, -0.05) is 23.5 Å². The van der Waals surface area contributed by atoms with Crippen molar-refractivity contribution in [3.05, 3.63) is 24.3 Å². The van der Waals surface area contributed by atoms with E-state index in [4.69, 9.17) is 4.74 Å². The summed E-state index contributed by atoms with van der Waals surface area (Å²) in [6.07, 6.45) is 0.172. The molecule has 28 heavy (non-hydrogen) atoms. The van der Waals surface area contributed by atoms with Gasteiger partial charge in [-0.05, 0) is 31.9 Å². The number of aromatic nitrogens is 1. The minimum absolute atomic E-state index is 0.0859. The first-order valence-electron chi connectivity index (χ1n) is 9.00. The van der Waals surface area contributed by atoms with Crippen molar-refractivity contribution in [3.63, 3.8) is 0 Å². The summed E-state index contributed by atoms with van der Waals surface area (Å²) < 4.78 is 29.4. The van der Waals surface area contributed by atoms with Gasteiger partial charge in [0.15, 0.2) is 5.13 Å². The van der Waals surface area contributed by atoms with E-state index in [9.17, 15) is 18.0 Å². The topological polar surface area (TPSA) is 106 Å². The molecule has 0 atom stereocenters.